The molecule has 4 heteroatoms. The maximum atomic E-state index is 6.07. The molecule has 0 bridgehead atoms. The van der Waals surface area contributed by atoms with E-state index < -0.39 is 0 Å². The summed E-state index contributed by atoms with van der Waals surface area (Å²) >= 11 is 6.07. The number of aryl methyl sites for hydroxylation is 1. The molecule has 1 aromatic rings. The highest BCUT2D eigenvalue weighted by Gasteiger charge is 2.64. The number of hydrogen-bond acceptors (Lipinski definition) is 3. The fourth-order valence-electron chi connectivity index (χ4n) is 2.81. The lowest BCUT2D eigenvalue weighted by atomic mass is 10.0. The first kappa shape index (κ1) is 13.6. The van der Waals surface area contributed by atoms with Crippen molar-refractivity contribution in [3.05, 3.63) is 16.5 Å². The Morgan fingerprint density at radius 1 is 1.11 bits per heavy atom. The zero-order valence-electron chi connectivity index (χ0n) is 12.1. The summed E-state index contributed by atoms with van der Waals surface area (Å²) in [6.07, 6.45) is 0. The molecule has 18 heavy (non-hydrogen) atoms. The fourth-order valence-corrected chi connectivity index (χ4v) is 3.02. The van der Waals surface area contributed by atoms with Crippen molar-refractivity contribution in [3.8, 4) is 0 Å². The summed E-state index contributed by atoms with van der Waals surface area (Å²) < 4.78 is 0. The van der Waals surface area contributed by atoms with Gasteiger partial charge >= 0.3 is 0 Å². The van der Waals surface area contributed by atoms with Crippen LogP contribution in [0.5, 0.6) is 0 Å². The van der Waals surface area contributed by atoms with Crippen molar-refractivity contribution in [1.82, 2.24) is 9.97 Å². The Morgan fingerprint density at radius 3 is 2.17 bits per heavy atom. The number of nitrogens with one attached hydrogen (secondary N) is 1. The van der Waals surface area contributed by atoms with Crippen LogP contribution in [-0.2, 0) is 0 Å². The van der Waals surface area contributed by atoms with E-state index in [1.807, 2.05) is 13.8 Å². The molecule has 1 heterocycles. The summed E-state index contributed by atoms with van der Waals surface area (Å²) in [7, 11) is 0. The molecule has 1 fully saturated rings. The number of nitrogens with zero attached hydrogens (tertiary/aromatic N) is 2. The van der Waals surface area contributed by atoms with E-state index in [9.17, 15) is 0 Å². The van der Waals surface area contributed by atoms with Gasteiger partial charge in [0.25, 0.3) is 0 Å². The second kappa shape index (κ2) is 4.09. The van der Waals surface area contributed by atoms with Gasteiger partial charge in [0.05, 0.1) is 0 Å². The third-order valence-corrected chi connectivity index (χ3v) is 5.36. The minimum absolute atomic E-state index is 0.389. The van der Waals surface area contributed by atoms with Crippen LogP contribution in [-0.4, -0.2) is 16.5 Å². The molecule has 1 aliphatic rings. The lowest BCUT2D eigenvalue weighted by molar-refractivity contribution is 0.457. The second-order valence-electron chi connectivity index (χ2n) is 6.41. The minimum Gasteiger partial charge on any atom is -0.369 e. The first-order valence-electron chi connectivity index (χ1n) is 6.42. The molecule has 0 unspecified atom stereocenters. The summed E-state index contributed by atoms with van der Waals surface area (Å²) in [6.45, 7) is 14.0. The molecule has 0 radical (unpaired) electrons. The molecule has 1 aliphatic carbocycles. The van der Waals surface area contributed by atoms with Crippen LogP contribution < -0.4 is 5.32 Å². The van der Waals surface area contributed by atoms with Gasteiger partial charge in [-0.1, -0.05) is 39.3 Å². The van der Waals surface area contributed by atoms with Gasteiger partial charge in [-0.05, 0) is 30.6 Å². The van der Waals surface area contributed by atoms with Crippen molar-refractivity contribution in [1.29, 1.82) is 0 Å². The minimum atomic E-state index is 0.389. The Labute approximate surface area is 114 Å². The normalized spacial score (nSPS) is 20.8. The highest BCUT2D eigenvalue weighted by Crippen LogP contribution is 2.68. The highest BCUT2D eigenvalue weighted by molar-refractivity contribution is 6.30. The van der Waals surface area contributed by atoms with Crippen LogP contribution in [0.25, 0.3) is 0 Å². The summed E-state index contributed by atoms with van der Waals surface area (Å²) in [5.74, 6) is 2.24. The van der Waals surface area contributed by atoms with E-state index in [1.165, 1.54) is 0 Å². The van der Waals surface area contributed by atoms with Crippen LogP contribution in [0.1, 0.15) is 39.1 Å². The summed E-state index contributed by atoms with van der Waals surface area (Å²) in [4.78, 5) is 8.57. The van der Waals surface area contributed by atoms with Crippen molar-refractivity contribution in [3.63, 3.8) is 0 Å². The molecule has 1 aromatic heterocycles. The Hall–Kier alpha value is -0.830. The molecule has 3 nitrogen and oxygen atoms in total. The maximum absolute atomic E-state index is 6.07. The molecule has 0 aromatic carbocycles. The lowest BCUT2D eigenvalue weighted by Gasteiger charge is -2.11. The van der Waals surface area contributed by atoms with Gasteiger partial charge in [-0.15, -0.1) is 0 Å². The highest BCUT2D eigenvalue weighted by atomic mass is 35.5. The van der Waals surface area contributed by atoms with Crippen LogP contribution >= 0.6 is 11.6 Å². The predicted octanol–water partition coefficient (Wildman–Crippen LogP) is 3.84. The molecular formula is C14H22ClN3. The fraction of sp³-hybridized carbons (Fsp3) is 0.714. The smallest absolute Gasteiger partial charge is 0.137 e. The Bertz CT molecular complexity index is 466. The number of hydrogen-bond donors (Lipinski definition) is 1. The van der Waals surface area contributed by atoms with Gasteiger partial charge in [0.2, 0.25) is 0 Å². The Morgan fingerprint density at radius 2 is 1.67 bits per heavy atom. The topological polar surface area (TPSA) is 37.8 Å². The maximum Gasteiger partial charge on any atom is 0.137 e. The Balaban J connectivity index is 2.09. The molecule has 0 amide bonds. The van der Waals surface area contributed by atoms with E-state index in [1.54, 1.807) is 0 Å². The van der Waals surface area contributed by atoms with Crippen LogP contribution in [0.4, 0.5) is 5.82 Å². The van der Waals surface area contributed by atoms with E-state index in [-0.39, 0.29) is 0 Å². The standard InChI is InChI=1S/C14H22ClN3/c1-8-11(15)17-9(2)18-12(8)16-7-10-13(3,4)14(10,5)6/h10H,7H2,1-6H3,(H,16,17,18). The number of anilines is 1. The van der Waals surface area contributed by atoms with E-state index in [2.05, 4.69) is 43.0 Å². The predicted molar refractivity (Wildman–Crippen MR) is 76.1 cm³/mol. The zero-order valence-corrected chi connectivity index (χ0v) is 12.8. The zero-order chi connectivity index (χ0) is 13.7. The molecule has 1 N–H and O–H groups in total. The van der Waals surface area contributed by atoms with Crippen molar-refractivity contribution >= 4 is 17.4 Å². The van der Waals surface area contributed by atoms with Crippen LogP contribution in [0.3, 0.4) is 0 Å². The average molecular weight is 268 g/mol. The first-order chi connectivity index (χ1) is 8.18. The number of aromatic nitrogens is 2. The first-order valence-corrected chi connectivity index (χ1v) is 6.80. The van der Waals surface area contributed by atoms with Gasteiger partial charge in [-0.3, -0.25) is 0 Å². The van der Waals surface area contributed by atoms with Crippen molar-refractivity contribution in [2.45, 2.75) is 41.5 Å². The Kier molecular flexibility index (Phi) is 3.09. The molecule has 1 saturated carbocycles. The van der Waals surface area contributed by atoms with E-state index >= 15 is 0 Å². The average Bonchev–Trinajstić information content (AvgIpc) is 2.62. The molecular weight excluding hydrogens is 246 g/mol. The van der Waals surface area contributed by atoms with Gasteiger partial charge in [0.1, 0.15) is 16.8 Å². The van der Waals surface area contributed by atoms with Gasteiger partial charge in [-0.2, -0.15) is 0 Å². The molecule has 0 atom stereocenters. The third-order valence-electron chi connectivity index (χ3n) is 4.99. The summed E-state index contributed by atoms with van der Waals surface area (Å²) in [5.41, 5.74) is 1.71. The van der Waals surface area contributed by atoms with Crippen LogP contribution in [0.2, 0.25) is 5.15 Å². The van der Waals surface area contributed by atoms with Gasteiger partial charge < -0.3 is 5.32 Å². The largest absolute Gasteiger partial charge is 0.369 e. The molecule has 0 aliphatic heterocycles. The third kappa shape index (κ3) is 1.99. The van der Waals surface area contributed by atoms with Crippen molar-refractivity contribution < 1.29 is 0 Å². The second-order valence-corrected chi connectivity index (χ2v) is 6.77. The van der Waals surface area contributed by atoms with Gasteiger partial charge in [-0.25, -0.2) is 9.97 Å². The molecule has 100 valence electrons. The molecule has 0 saturated heterocycles. The summed E-state index contributed by atoms with van der Waals surface area (Å²) in [6, 6.07) is 0. The molecule has 0 spiro atoms. The number of halogens is 1. The van der Waals surface area contributed by atoms with E-state index in [0.717, 1.165) is 17.9 Å². The monoisotopic (exact) mass is 267 g/mol. The van der Waals surface area contributed by atoms with Crippen LogP contribution in [0.15, 0.2) is 0 Å². The number of rotatable bonds is 3. The van der Waals surface area contributed by atoms with Gasteiger partial charge in [0.15, 0.2) is 0 Å². The van der Waals surface area contributed by atoms with Crippen molar-refractivity contribution in [2.75, 3.05) is 11.9 Å². The summed E-state index contributed by atoms with van der Waals surface area (Å²) in [5, 5.41) is 3.97. The van der Waals surface area contributed by atoms with Crippen LogP contribution in [0, 0.1) is 30.6 Å². The van der Waals surface area contributed by atoms with E-state index in [4.69, 9.17) is 11.6 Å². The SMILES string of the molecule is Cc1nc(Cl)c(C)c(NCC2C(C)(C)C2(C)C)n1. The van der Waals surface area contributed by atoms with Gasteiger partial charge in [0, 0.05) is 12.1 Å². The molecule has 2 rings (SSSR count). The quantitative estimate of drug-likeness (QED) is 0.846. The van der Waals surface area contributed by atoms with E-state index in [0.29, 0.717) is 27.7 Å². The lowest BCUT2D eigenvalue weighted by Crippen LogP contribution is -2.11. The van der Waals surface area contributed by atoms with Crippen molar-refractivity contribution in [2.24, 2.45) is 16.7 Å².